The number of nitrogens with one attached hydrogen (secondary N) is 1. The molecule has 0 aromatic heterocycles. The van der Waals surface area contributed by atoms with E-state index in [-0.39, 0.29) is 11.7 Å². The second-order valence-corrected chi connectivity index (χ2v) is 7.35. The Morgan fingerprint density at radius 2 is 2.14 bits per heavy atom. The highest BCUT2D eigenvalue weighted by Gasteiger charge is 2.25. The number of nitro groups is 1. The molecule has 1 aromatic carbocycles. The van der Waals surface area contributed by atoms with Gasteiger partial charge in [0.25, 0.3) is 5.69 Å². The topological polar surface area (TPSA) is 92.6 Å². The van der Waals surface area contributed by atoms with E-state index in [1.165, 1.54) is 16.6 Å². The van der Waals surface area contributed by atoms with Crippen molar-refractivity contribution in [1.82, 2.24) is 4.31 Å². The summed E-state index contributed by atoms with van der Waals surface area (Å²) in [7, 11) is -3.17. The largest absolute Gasteiger partial charge is 0.381 e. The standard InChI is InChI=1S/C13H19N3O4S/c1-10-8-11(5-6-13(10)16(17)18)14-12-4-3-7-15(9-12)21(2,19)20/h5-6,8,12,14H,3-4,7,9H2,1-2H3/t12-/m1/s1. The lowest BCUT2D eigenvalue weighted by Crippen LogP contribution is -2.44. The molecule has 1 fully saturated rings. The molecule has 8 heteroatoms. The van der Waals surface area contributed by atoms with Gasteiger partial charge in [0, 0.05) is 36.4 Å². The number of aryl methyl sites for hydroxylation is 1. The van der Waals surface area contributed by atoms with Crippen LogP contribution < -0.4 is 5.32 Å². The van der Waals surface area contributed by atoms with E-state index >= 15 is 0 Å². The number of rotatable bonds is 4. The average molecular weight is 313 g/mol. The SMILES string of the molecule is Cc1cc(N[C@@H]2CCCN(S(C)(=O)=O)C2)ccc1[N+](=O)[O-]. The smallest absolute Gasteiger partial charge is 0.272 e. The van der Waals surface area contributed by atoms with Crippen LogP contribution in [-0.2, 0) is 10.0 Å². The molecular weight excluding hydrogens is 294 g/mol. The highest BCUT2D eigenvalue weighted by molar-refractivity contribution is 7.88. The average Bonchev–Trinajstić information content (AvgIpc) is 2.37. The maximum absolute atomic E-state index is 11.6. The Morgan fingerprint density at radius 3 is 2.71 bits per heavy atom. The molecule has 1 heterocycles. The molecule has 1 aliphatic heterocycles. The minimum Gasteiger partial charge on any atom is -0.381 e. The molecule has 1 atom stereocenters. The monoisotopic (exact) mass is 313 g/mol. The van der Waals surface area contributed by atoms with Crippen LogP contribution in [0, 0.1) is 17.0 Å². The van der Waals surface area contributed by atoms with E-state index in [9.17, 15) is 18.5 Å². The Labute approximate surface area is 124 Å². The minimum absolute atomic E-state index is 0.0225. The predicted molar refractivity (Wildman–Crippen MR) is 80.9 cm³/mol. The molecule has 0 unspecified atom stereocenters. The van der Waals surface area contributed by atoms with Crippen LogP contribution in [0.5, 0.6) is 0 Å². The van der Waals surface area contributed by atoms with Crippen LogP contribution in [0.15, 0.2) is 18.2 Å². The molecule has 1 aliphatic rings. The van der Waals surface area contributed by atoms with Crippen LogP contribution in [0.4, 0.5) is 11.4 Å². The Morgan fingerprint density at radius 1 is 1.43 bits per heavy atom. The van der Waals surface area contributed by atoms with E-state index in [0.717, 1.165) is 18.5 Å². The number of benzene rings is 1. The van der Waals surface area contributed by atoms with Crippen molar-refractivity contribution in [3.8, 4) is 0 Å². The summed E-state index contributed by atoms with van der Waals surface area (Å²) >= 11 is 0. The molecule has 0 saturated carbocycles. The normalized spacial score (nSPS) is 20.2. The molecule has 0 radical (unpaired) electrons. The lowest BCUT2D eigenvalue weighted by atomic mass is 10.1. The first-order valence-electron chi connectivity index (χ1n) is 6.74. The molecule has 21 heavy (non-hydrogen) atoms. The molecule has 0 aliphatic carbocycles. The summed E-state index contributed by atoms with van der Waals surface area (Å²) in [6, 6.07) is 4.87. The van der Waals surface area contributed by atoms with Gasteiger partial charge in [0.2, 0.25) is 10.0 Å². The van der Waals surface area contributed by atoms with Crippen LogP contribution in [0.3, 0.4) is 0 Å². The molecule has 1 saturated heterocycles. The number of sulfonamides is 1. The highest BCUT2D eigenvalue weighted by Crippen LogP contribution is 2.23. The quantitative estimate of drug-likeness (QED) is 0.675. The number of nitrogens with zero attached hydrogens (tertiary/aromatic N) is 2. The molecule has 1 N–H and O–H groups in total. The number of hydrogen-bond donors (Lipinski definition) is 1. The van der Waals surface area contributed by atoms with E-state index < -0.39 is 14.9 Å². The number of anilines is 1. The molecule has 7 nitrogen and oxygen atoms in total. The van der Waals surface area contributed by atoms with Crippen LogP contribution >= 0.6 is 0 Å². The van der Waals surface area contributed by atoms with Crippen LogP contribution in [0.1, 0.15) is 18.4 Å². The lowest BCUT2D eigenvalue weighted by molar-refractivity contribution is -0.385. The first kappa shape index (κ1) is 15.7. The molecule has 0 bridgehead atoms. The van der Waals surface area contributed by atoms with Crippen molar-refractivity contribution in [3.05, 3.63) is 33.9 Å². The first-order valence-corrected chi connectivity index (χ1v) is 8.59. The van der Waals surface area contributed by atoms with Crippen molar-refractivity contribution in [2.24, 2.45) is 0 Å². The molecular formula is C13H19N3O4S. The Hall–Kier alpha value is -1.67. The number of piperidine rings is 1. The van der Waals surface area contributed by atoms with Crippen molar-refractivity contribution < 1.29 is 13.3 Å². The zero-order chi connectivity index (χ0) is 15.6. The van der Waals surface area contributed by atoms with E-state index in [0.29, 0.717) is 18.7 Å². The first-order chi connectivity index (χ1) is 9.77. The zero-order valence-electron chi connectivity index (χ0n) is 12.1. The maximum Gasteiger partial charge on any atom is 0.272 e. The minimum atomic E-state index is -3.17. The summed E-state index contributed by atoms with van der Waals surface area (Å²) in [6.07, 6.45) is 2.89. The van der Waals surface area contributed by atoms with Gasteiger partial charge in [0.15, 0.2) is 0 Å². The Bertz CT molecular complexity index is 645. The fraction of sp³-hybridized carbons (Fsp3) is 0.538. The predicted octanol–water partition coefficient (Wildman–Crippen LogP) is 1.74. The van der Waals surface area contributed by atoms with Gasteiger partial charge in [-0.3, -0.25) is 10.1 Å². The summed E-state index contributed by atoms with van der Waals surface area (Å²) < 4.78 is 24.6. The van der Waals surface area contributed by atoms with Crippen LogP contribution in [0.2, 0.25) is 0 Å². The summed E-state index contributed by atoms with van der Waals surface area (Å²) in [6.45, 7) is 2.66. The van der Waals surface area contributed by atoms with E-state index in [2.05, 4.69) is 5.32 Å². The van der Waals surface area contributed by atoms with Crippen molar-refractivity contribution >= 4 is 21.4 Å². The van der Waals surface area contributed by atoms with Gasteiger partial charge in [0.1, 0.15) is 0 Å². The number of nitro benzene ring substituents is 1. The Balaban J connectivity index is 2.08. The van der Waals surface area contributed by atoms with Gasteiger partial charge in [-0.15, -0.1) is 0 Å². The zero-order valence-corrected chi connectivity index (χ0v) is 12.9. The fourth-order valence-electron chi connectivity index (χ4n) is 2.55. The molecule has 0 spiro atoms. The molecule has 2 rings (SSSR count). The van der Waals surface area contributed by atoms with Gasteiger partial charge in [0.05, 0.1) is 11.2 Å². The maximum atomic E-state index is 11.6. The van der Waals surface area contributed by atoms with Crippen molar-refractivity contribution in [3.63, 3.8) is 0 Å². The van der Waals surface area contributed by atoms with Gasteiger partial charge < -0.3 is 5.32 Å². The number of hydrogen-bond acceptors (Lipinski definition) is 5. The van der Waals surface area contributed by atoms with Gasteiger partial charge in [-0.05, 0) is 31.9 Å². The second-order valence-electron chi connectivity index (χ2n) is 5.36. The van der Waals surface area contributed by atoms with Gasteiger partial charge in [-0.1, -0.05) is 0 Å². The van der Waals surface area contributed by atoms with E-state index in [1.807, 2.05) is 0 Å². The van der Waals surface area contributed by atoms with E-state index in [1.54, 1.807) is 19.1 Å². The van der Waals surface area contributed by atoms with Crippen molar-refractivity contribution in [1.29, 1.82) is 0 Å². The van der Waals surface area contributed by atoms with Crippen molar-refractivity contribution in [2.45, 2.75) is 25.8 Å². The third-order valence-electron chi connectivity index (χ3n) is 3.62. The molecule has 116 valence electrons. The lowest BCUT2D eigenvalue weighted by Gasteiger charge is -2.32. The van der Waals surface area contributed by atoms with Crippen LogP contribution in [0.25, 0.3) is 0 Å². The third-order valence-corrected chi connectivity index (χ3v) is 4.89. The summed E-state index contributed by atoms with van der Waals surface area (Å²) in [5.74, 6) is 0. The second kappa shape index (κ2) is 5.98. The van der Waals surface area contributed by atoms with Crippen LogP contribution in [-0.4, -0.2) is 43.0 Å². The summed E-state index contributed by atoms with van der Waals surface area (Å²) in [4.78, 5) is 10.4. The van der Waals surface area contributed by atoms with E-state index in [4.69, 9.17) is 0 Å². The highest BCUT2D eigenvalue weighted by atomic mass is 32.2. The third kappa shape index (κ3) is 3.92. The fourth-order valence-corrected chi connectivity index (χ4v) is 3.46. The van der Waals surface area contributed by atoms with Gasteiger partial charge in [-0.2, -0.15) is 0 Å². The Kier molecular flexibility index (Phi) is 4.48. The summed E-state index contributed by atoms with van der Waals surface area (Å²) in [5.41, 5.74) is 1.45. The molecule has 1 aromatic rings. The molecule has 0 amide bonds. The van der Waals surface area contributed by atoms with Crippen molar-refractivity contribution in [2.75, 3.05) is 24.7 Å². The van der Waals surface area contributed by atoms with Gasteiger partial charge in [-0.25, -0.2) is 12.7 Å². The van der Waals surface area contributed by atoms with Gasteiger partial charge >= 0.3 is 0 Å². The summed E-state index contributed by atoms with van der Waals surface area (Å²) in [5, 5.41) is 14.0.